The van der Waals surface area contributed by atoms with E-state index in [1.54, 1.807) is 17.0 Å². The highest BCUT2D eigenvalue weighted by Crippen LogP contribution is 2.28. The number of esters is 1. The van der Waals surface area contributed by atoms with Crippen LogP contribution in [0, 0.1) is 5.92 Å². The summed E-state index contributed by atoms with van der Waals surface area (Å²) in [5.74, 6) is -1.43. The van der Waals surface area contributed by atoms with Crippen LogP contribution in [0.4, 0.5) is 11.4 Å². The Bertz CT molecular complexity index is 945. The number of nitrogens with zero attached hydrogens (tertiary/aromatic N) is 1. The van der Waals surface area contributed by atoms with Gasteiger partial charge in [-0.2, -0.15) is 0 Å². The number of methoxy groups -OCH3 is 1. The molecule has 0 bridgehead atoms. The molecule has 7 nitrogen and oxygen atoms in total. The van der Waals surface area contributed by atoms with Crippen LogP contribution in [0.1, 0.15) is 18.9 Å². The Labute approximate surface area is 179 Å². The molecule has 158 valence electrons. The van der Waals surface area contributed by atoms with Crippen LogP contribution in [0.2, 0.25) is 5.02 Å². The summed E-state index contributed by atoms with van der Waals surface area (Å²) < 4.78 is 10.3. The van der Waals surface area contributed by atoms with Gasteiger partial charge >= 0.3 is 5.97 Å². The van der Waals surface area contributed by atoms with Crippen molar-refractivity contribution in [1.29, 1.82) is 0 Å². The Morgan fingerprint density at radius 1 is 1.20 bits per heavy atom. The molecule has 0 aromatic heterocycles. The zero-order valence-corrected chi connectivity index (χ0v) is 17.6. The van der Waals surface area contributed by atoms with Crippen LogP contribution in [0.15, 0.2) is 42.5 Å². The molecule has 1 atom stereocenters. The lowest BCUT2D eigenvalue weighted by molar-refractivity contribution is -0.151. The van der Waals surface area contributed by atoms with E-state index in [4.69, 9.17) is 21.1 Å². The second-order valence-corrected chi connectivity index (χ2v) is 7.36. The molecule has 3 rings (SSSR count). The van der Waals surface area contributed by atoms with Gasteiger partial charge in [0.05, 0.1) is 18.7 Å². The Kier molecular flexibility index (Phi) is 6.95. The number of nitrogens with one attached hydrogen (secondary N) is 1. The van der Waals surface area contributed by atoms with E-state index in [0.29, 0.717) is 16.5 Å². The summed E-state index contributed by atoms with van der Waals surface area (Å²) >= 11 is 5.94. The highest BCUT2D eigenvalue weighted by molar-refractivity contribution is 6.31. The number of benzene rings is 2. The molecule has 30 heavy (non-hydrogen) atoms. The summed E-state index contributed by atoms with van der Waals surface area (Å²) in [7, 11) is 1.47. The maximum absolute atomic E-state index is 12.4. The van der Waals surface area contributed by atoms with Gasteiger partial charge in [0.2, 0.25) is 5.91 Å². The number of amides is 2. The molecular weight excluding hydrogens is 408 g/mol. The Morgan fingerprint density at radius 3 is 2.60 bits per heavy atom. The minimum absolute atomic E-state index is 0.0537. The van der Waals surface area contributed by atoms with Gasteiger partial charge in [0.25, 0.3) is 5.91 Å². The third-order valence-corrected chi connectivity index (χ3v) is 5.13. The van der Waals surface area contributed by atoms with E-state index < -0.39 is 24.4 Å². The molecule has 0 aliphatic carbocycles. The first-order chi connectivity index (χ1) is 14.4. The van der Waals surface area contributed by atoms with Crippen LogP contribution in [0.5, 0.6) is 5.75 Å². The van der Waals surface area contributed by atoms with Gasteiger partial charge < -0.3 is 19.7 Å². The lowest BCUT2D eigenvalue weighted by Gasteiger charge is -2.17. The molecule has 1 saturated heterocycles. The normalized spacial score (nSPS) is 15.8. The van der Waals surface area contributed by atoms with Gasteiger partial charge in [-0.1, -0.05) is 30.7 Å². The molecular formula is C22H23ClN2O5. The zero-order valence-electron chi connectivity index (χ0n) is 16.8. The summed E-state index contributed by atoms with van der Waals surface area (Å²) in [5.41, 5.74) is 2.30. The van der Waals surface area contributed by atoms with E-state index in [2.05, 4.69) is 12.2 Å². The van der Waals surface area contributed by atoms with Crippen LogP contribution in [0.25, 0.3) is 0 Å². The SMILES string of the molecule is CCc1ccc(N2C[C@@H](C(=O)OCC(=O)Nc3cc(Cl)ccc3OC)CC2=O)cc1. The third-order valence-electron chi connectivity index (χ3n) is 4.90. The number of carbonyl (C=O) groups is 3. The number of aryl methyl sites for hydroxylation is 1. The van der Waals surface area contributed by atoms with E-state index in [9.17, 15) is 14.4 Å². The Balaban J connectivity index is 1.54. The first kappa shape index (κ1) is 21.6. The number of ether oxygens (including phenoxy) is 2. The fourth-order valence-corrected chi connectivity index (χ4v) is 3.42. The number of carbonyl (C=O) groups excluding carboxylic acids is 3. The lowest BCUT2D eigenvalue weighted by Crippen LogP contribution is -2.28. The molecule has 8 heteroatoms. The van der Waals surface area contributed by atoms with Crippen LogP contribution < -0.4 is 15.0 Å². The molecule has 1 aliphatic heterocycles. The van der Waals surface area contributed by atoms with Crippen molar-refractivity contribution in [1.82, 2.24) is 0 Å². The quantitative estimate of drug-likeness (QED) is 0.680. The van der Waals surface area contributed by atoms with Crippen molar-refractivity contribution in [3.8, 4) is 5.75 Å². The van der Waals surface area contributed by atoms with E-state index >= 15 is 0 Å². The number of anilines is 2. The molecule has 1 N–H and O–H groups in total. The van der Waals surface area contributed by atoms with Crippen molar-refractivity contribution in [3.63, 3.8) is 0 Å². The van der Waals surface area contributed by atoms with Crippen LogP contribution in [0.3, 0.4) is 0 Å². The standard InChI is InChI=1S/C22H23ClN2O5/c1-3-14-4-7-17(8-5-14)25-12-15(10-21(25)27)22(28)30-13-20(26)24-18-11-16(23)6-9-19(18)29-2/h4-9,11,15H,3,10,12-13H2,1-2H3,(H,24,26)/t15-/m0/s1. The third kappa shape index (κ3) is 5.10. The number of hydrogen-bond donors (Lipinski definition) is 1. The van der Waals surface area contributed by atoms with Crippen LogP contribution in [-0.4, -0.2) is 38.0 Å². The van der Waals surface area contributed by atoms with Gasteiger partial charge in [0.1, 0.15) is 5.75 Å². The molecule has 2 amide bonds. The van der Waals surface area contributed by atoms with Crippen molar-refractivity contribution >= 4 is 40.8 Å². The van der Waals surface area contributed by atoms with Gasteiger partial charge in [0.15, 0.2) is 6.61 Å². The molecule has 0 saturated carbocycles. The fourth-order valence-electron chi connectivity index (χ4n) is 3.25. The molecule has 0 spiro atoms. The zero-order chi connectivity index (χ0) is 21.7. The second kappa shape index (κ2) is 9.63. The number of rotatable bonds is 7. The molecule has 1 heterocycles. The average Bonchev–Trinajstić information content (AvgIpc) is 3.14. The summed E-state index contributed by atoms with van der Waals surface area (Å²) in [6.45, 7) is 1.82. The topological polar surface area (TPSA) is 84.9 Å². The van der Waals surface area contributed by atoms with Gasteiger partial charge in [-0.15, -0.1) is 0 Å². The van der Waals surface area contributed by atoms with Gasteiger partial charge in [-0.25, -0.2) is 0 Å². The van der Waals surface area contributed by atoms with Crippen molar-refractivity contribution < 1.29 is 23.9 Å². The molecule has 0 unspecified atom stereocenters. The molecule has 1 aliphatic rings. The van der Waals surface area contributed by atoms with E-state index in [1.807, 2.05) is 24.3 Å². The van der Waals surface area contributed by atoms with E-state index in [1.165, 1.54) is 18.7 Å². The van der Waals surface area contributed by atoms with Crippen molar-refractivity contribution in [2.75, 3.05) is 30.5 Å². The average molecular weight is 431 g/mol. The number of hydrogen-bond acceptors (Lipinski definition) is 5. The van der Waals surface area contributed by atoms with Crippen molar-refractivity contribution in [2.45, 2.75) is 19.8 Å². The van der Waals surface area contributed by atoms with E-state index in [-0.39, 0.29) is 18.9 Å². The smallest absolute Gasteiger partial charge is 0.311 e. The largest absolute Gasteiger partial charge is 0.495 e. The van der Waals surface area contributed by atoms with Gasteiger partial charge in [0, 0.05) is 23.7 Å². The lowest BCUT2D eigenvalue weighted by atomic mass is 10.1. The molecule has 0 radical (unpaired) electrons. The molecule has 2 aromatic carbocycles. The van der Waals surface area contributed by atoms with Crippen molar-refractivity contribution in [3.05, 3.63) is 53.1 Å². The number of halogens is 1. The van der Waals surface area contributed by atoms with Gasteiger partial charge in [-0.3, -0.25) is 14.4 Å². The van der Waals surface area contributed by atoms with E-state index in [0.717, 1.165) is 12.1 Å². The fraction of sp³-hybridized carbons (Fsp3) is 0.318. The summed E-state index contributed by atoms with van der Waals surface area (Å²) in [6.07, 6.45) is 0.963. The van der Waals surface area contributed by atoms with Crippen molar-refractivity contribution in [2.24, 2.45) is 5.92 Å². The van der Waals surface area contributed by atoms with Crippen LogP contribution >= 0.6 is 11.6 Å². The maximum atomic E-state index is 12.4. The minimum Gasteiger partial charge on any atom is -0.495 e. The molecule has 1 fully saturated rings. The van der Waals surface area contributed by atoms with Crippen LogP contribution in [-0.2, 0) is 25.5 Å². The maximum Gasteiger partial charge on any atom is 0.311 e. The Morgan fingerprint density at radius 2 is 1.93 bits per heavy atom. The first-order valence-electron chi connectivity index (χ1n) is 9.60. The molecule has 2 aromatic rings. The summed E-state index contributed by atoms with van der Waals surface area (Å²) in [6, 6.07) is 12.5. The monoisotopic (exact) mass is 430 g/mol. The second-order valence-electron chi connectivity index (χ2n) is 6.93. The predicted molar refractivity (Wildman–Crippen MR) is 114 cm³/mol. The summed E-state index contributed by atoms with van der Waals surface area (Å²) in [4.78, 5) is 38.4. The summed E-state index contributed by atoms with van der Waals surface area (Å²) in [5, 5.41) is 3.03. The first-order valence-corrected chi connectivity index (χ1v) is 9.98. The van der Waals surface area contributed by atoms with Gasteiger partial charge in [-0.05, 0) is 42.3 Å². The Hall–Kier alpha value is -3.06. The minimum atomic E-state index is -0.614. The highest BCUT2D eigenvalue weighted by atomic mass is 35.5. The highest BCUT2D eigenvalue weighted by Gasteiger charge is 2.36. The predicted octanol–water partition coefficient (Wildman–Crippen LogP) is 3.45.